The van der Waals surface area contributed by atoms with Crippen molar-refractivity contribution in [2.75, 3.05) is 6.54 Å². The van der Waals surface area contributed by atoms with E-state index in [1.54, 1.807) is 0 Å². The Bertz CT molecular complexity index is 1150. The van der Waals surface area contributed by atoms with Gasteiger partial charge in [-0.2, -0.15) is 0 Å². The van der Waals surface area contributed by atoms with Gasteiger partial charge in [0.2, 0.25) is 0 Å². The Balaban J connectivity index is 1.52. The van der Waals surface area contributed by atoms with E-state index in [1.165, 1.54) is 5.56 Å². The quantitative estimate of drug-likeness (QED) is 0.366. The van der Waals surface area contributed by atoms with Gasteiger partial charge in [-0.05, 0) is 48.0 Å². The summed E-state index contributed by atoms with van der Waals surface area (Å²) in [5.41, 5.74) is 3.92. The lowest BCUT2D eigenvalue weighted by Gasteiger charge is -2.11. The number of nitrogens with one attached hydrogen (secondary N) is 1. The topological polar surface area (TPSA) is 46.9 Å². The molecule has 0 unspecified atom stereocenters. The second-order valence-corrected chi connectivity index (χ2v) is 8.58. The van der Waals surface area contributed by atoms with Gasteiger partial charge in [-0.25, -0.2) is 4.98 Å². The molecule has 0 atom stereocenters. The van der Waals surface area contributed by atoms with Crippen molar-refractivity contribution in [2.24, 2.45) is 0 Å². The molecular weight excluding hydrogens is 494 g/mol. The first kappa shape index (κ1) is 19.9. The minimum absolute atomic E-state index is 0.0816. The molecule has 1 aromatic heterocycles. The zero-order valence-electron chi connectivity index (χ0n) is 15.6. The maximum atomic E-state index is 12.4. The number of fused-ring (bicyclic) bond motifs is 1. The van der Waals surface area contributed by atoms with Gasteiger partial charge in [-0.3, -0.25) is 4.79 Å². The van der Waals surface area contributed by atoms with E-state index in [9.17, 15) is 4.79 Å². The largest absolute Gasteiger partial charge is 0.352 e. The molecule has 0 aliphatic heterocycles. The van der Waals surface area contributed by atoms with E-state index < -0.39 is 0 Å². The summed E-state index contributed by atoms with van der Waals surface area (Å²) in [5, 5.41) is 3.00. The van der Waals surface area contributed by atoms with E-state index in [-0.39, 0.29) is 5.91 Å². The minimum atomic E-state index is -0.0816. The summed E-state index contributed by atoms with van der Waals surface area (Å²) in [6, 6.07) is 23.8. The van der Waals surface area contributed by atoms with Crippen molar-refractivity contribution in [3.8, 4) is 0 Å². The summed E-state index contributed by atoms with van der Waals surface area (Å²) in [4.78, 5) is 17.2. The third-order valence-corrected chi connectivity index (χ3v) is 5.73. The van der Waals surface area contributed by atoms with Crippen molar-refractivity contribution < 1.29 is 4.79 Å². The van der Waals surface area contributed by atoms with Crippen LogP contribution in [0.15, 0.2) is 81.7 Å². The molecule has 4 rings (SSSR count). The Labute approximate surface area is 186 Å². The predicted octanol–water partition coefficient (Wildman–Crippen LogP) is 5.58. The number of carbonyl (C=O) groups excluding carboxylic acids is 1. The first-order chi connectivity index (χ1) is 14.1. The Morgan fingerprint density at radius 3 is 2.52 bits per heavy atom. The fraction of sp³-hybridized carbons (Fsp3) is 0.130. The molecule has 6 heteroatoms. The minimum Gasteiger partial charge on any atom is -0.352 e. The molecule has 4 nitrogen and oxygen atoms in total. The average molecular weight is 513 g/mol. The number of halogens is 2. The van der Waals surface area contributed by atoms with Crippen LogP contribution < -0.4 is 5.32 Å². The van der Waals surface area contributed by atoms with Crippen LogP contribution in [0.2, 0.25) is 0 Å². The Hall–Kier alpha value is -2.44. The van der Waals surface area contributed by atoms with Gasteiger partial charge in [-0.15, -0.1) is 0 Å². The predicted molar refractivity (Wildman–Crippen MR) is 123 cm³/mol. The Morgan fingerprint density at radius 1 is 0.931 bits per heavy atom. The standard InChI is InChI=1S/C23H19Br2N3O/c24-18-10-8-16(9-11-18)15-28-21-7-2-1-6-20(21)27-22(28)12-13-26-23(29)17-4-3-5-19(25)14-17/h1-11,14H,12-13,15H2,(H,26,29). The van der Waals surface area contributed by atoms with E-state index in [1.807, 2.05) is 54.6 Å². The summed E-state index contributed by atoms with van der Waals surface area (Å²) < 4.78 is 4.18. The van der Waals surface area contributed by atoms with Crippen LogP contribution in [-0.4, -0.2) is 22.0 Å². The van der Waals surface area contributed by atoms with Crippen LogP contribution >= 0.6 is 31.9 Å². The third kappa shape index (κ3) is 4.77. The summed E-state index contributed by atoms with van der Waals surface area (Å²) in [6.07, 6.45) is 0.658. The van der Waals surface area contributed by atoms with E-state index in [0.29, 0.717) is 18.5 Å². The number of nitrogens with zero attached hydrogens (tertiary/aromatic N) is 2. The molecule has 0 aliphatic carbocycles. The number of aromatic nitrogens is 2. The molecule has 29 heavy (non-hydrogen) atoms. The number of hydrogen-bond acceptors (Lipinski definition) is 2. The fourth-order valence-corrected chi connectivity index (χ4v) is 3.95. The third-order valence-electron chi connectivity index (χ3n) is 4.71. The highest BCUT2D eigenvalue weighted by Gasteiger charge is 2.12. The lowest BCUT2D eigenvalue weighted by atomic mass is 10.2. The summed E-state index contributed by atoms with van der Waals surface area (Å²) >= 11 is 6.89. The highest BCUT2D eigenvalue weighted by atomic mass is 79.9. The highest BCUT2D eigenvalue weighted by molar-refractivity contribution is 9.10. The first-order valence-electron chi connectivity index (χ1n) is 9.32. The molecule has 0 fully saturated rings. The van der Waals surface area contributed by atoms with Crippen molar-refractivity contribution in [3.63, 3.8) is 0 Å². The monoisotopic (exact) mass is 511 g/mol. The molecule has 0 saturated carbocycles. The first-order valence-corrected chi connectivity index (χ1v) is 10.9. The van der Waals surface area contributed by atoms with Gasteiger partial charge in [0.1, 0.15) is 5.82 Å². The maximum Gasteiger partial charge on any atom is 0.251 e. The van der Waals surface area contributed by atoms with Gasteiger partial charge in [0.15, 0.2) is 0 Å². The maximum absolute atomic E-state index is 12.4. The number of benzene rings is 3. The molecule has 4 aromatic rings. The Morgan fingerprint density at radius 2 is 1.72 bits per heavy atom. The summed E-state index contributed by atoms with van der Waals surface area (Å²) in [7, 11) is 0. The lowest BCUT2D eigenvalue weighted by Crippen LogP contribution is -2.26. The average Bonchev–Trinajstić information content (AvgIpc) is 3.07. The molecule has 0 saturated heterocycles. The molecule has 3 aromatic carbocycles. The molecule has 0 bridgehead atoms. The zero-order chi connectivity index (χ0) is 20.2. The van der Waals surface area contributed by atoms with Crippen LogP contribution in [0.4, 0.5) is 0 Å². The summed E-state index contributed by atoms with van der Waals surface area (Å²) in [6.45, 7) is 1.26. The van der Waals surface area contributed by atoms with Crippen molar-refractivity contribution in [1.29, 1.82) is 0 Å². The molecule has 0 aliphatic rings. The SMILES string of the molecule is O=C(NCCc1nc2ccccc2n1Cc1ccc(Br)cc1)c1cccc(Br)c1. The molecule has 1 amide bonds. The highest BCUT2D eigenvalue weighted by Crippen LogP contribution is 2.19. The number of imidazole rings is 1. The van der Waals surface area contributed by atoms with Crippen LogP contribution in [0.1, 0.15) is 21.7 Å². The van der Waals surface area contributed by atoms with Gasteiger partial charge in [-0.1, -0.05) is 62.2 Å². The van der Waals surface area contributed by atoms with Crippen molar-refractivity contribution in [3.05, 3.63) is 98.7 Å². The van der Waals surface area contributed by atoms with Crippen molar-refractivity contribution >= 4 is 48.8 Å². The number of carbonyl (C=O) groups is 1. The molecule has 0 radical (unpaired) electrons. The normalized spacial score (nSPS) is 11.0. The number of hydrogen-bond donors (Lipinski definition) is 1. The van der Waals surface area contributed by atoms with Gasteiger partial charge in [0, 0.05) is 34.0 Å². The second-order valence-electron chi connectivity index (χ2n) is 6.75. The smallest absolute Gasteiger partial charge is 0.251 e. The van der Waals surface area contributed by atoms with E-state index >= 15 is 0 Å². The van der Waals surface area contributed by atoms with Crippen LogP contribution in [0, 0.1) is 0 Å². The second kappa shape index (κ2) is 8.93. The van der Waals surface area contributed by atoms with Crippen molar-refractivity contribution in [2.45, 2.75) is 13.0 Å². The lowest BCUT2D eigenvalue weighted by molar-refractivity contribution is 0.0954. The van der Waals surface area contributed by atoms with Gasteiger partial charge in [0.05, 0.1) is 11.0 Å². The van der Waals surface area contributed by atoms with Crippen LogP contribution in [-0.2, 0) is 13.0 Å². The van der Waals surface area contributed by atoms with Crippen LogP contribution in [0.3, 0.4) is 0 Å². The van der Waals surface area contributed by atoms with E-state index in [0.717, 1.165) is 32.3 Å². The van der Waals surface area contributed by atoms with Crippen molar-refractivity contribution in [1.82, 2.24) is 14.9 Å². The molecular formula is C23H19Br2N3O. The van der Waals surface area contributed by atoms with Crippen LogP contribution in [0.25, 0.3) is 11.0 Å². The fourth-order valence-electron chi connectivity index (χ4n) is 3.28. The number of amides is 1. The van der Waals surface area contributed by atoms with E-state index in [4.69, 9.17) is 4.98 Å². The van der Waals surface area contributed by atoms with Gasteiger partial charge < -0.3 is 9.88 Å². The van der Waals surface area contributed by atoms with E-state index in [2.05, 4.69) is 59.9 Å². The molecule has 0 spiro atoms. The summed E-state index contributed by atoms with van der Waals surface area (Å²) in [5.74, 6) is 0.880. The van der Waals surface area contributed by atoms with Crippen LogP contribution in [0.5, 0.6) is 0 Å². The number of para-hydroxylation sites is 2. The van der Waals surface area contributed by atoms with Gasteiger partial charge >= 0.3 is 0 Å². The zero-order valence-corrected chi connectivity index (χ0v) is 18.8. The molecule has 1 heterocycles. The molecule has 146 valence electrons. The Kier molecular flexibility index (Phi) is 6.11. The van der Waals surface area contributed by atoms with Gasteiger partial charge in [0.25, 0.3) is 5.91 Å². The number of rotatable bonds is 6. The molecule has 1 N–H and O–H groups in total.